The second kappa shape index (κ2) is 11.2. The zero-order valence-corrected chi connectivity index (χ0v) is 14.6. The summed E-state index contributed by atoms with van der Waals surface area (Å²) in [6, 6.07) is 10.4. The minimum atomic E-state index is 0. The smallest absolute Gasteiger partial charge is 0.191 e. The second-order valence-electron chi connectivity index (χ2n) is 3.86. The Balaban J connectivity index is 0.00000324. The number of benzene rings is 1. The molecule has 0 aliphatic carbocycles. The lowest BCUT2D eigenvalue weighted by Gasteiger charge is -2.15. The third-order valence-electron chi connectivity index (χ3n) is 2.27. The molecule has 1 aromatic carbocycles. The fourth-order valence-corrected chi connectivity index (χ4v) is 2.35. The molecule has 0 aliphatic rings. The van der Waals surface area contributed by atoms with Crippen molar-refractivity contribution < 1.29 is 0 Å². The minimum Gasteiger partial charge on any atom is -0.355 e. The van der Waals surface area contributed by atoms with Crippen LogP contribution in [-0.2, 0) is 0 Å². The van der Waals surface area contributed by atoms with Crippen LogP contribution in [0.15, 0.2) is 52.9 Å². The molecule has 0 saturated carbocycles. The second-order valence-corrected chi connectivity index (χ2v) is 5.38. The number of hydrogen-bond acceptors (Lipinski definition) is 2. The Kier molecular flexibility index (Phi) is 10.8. The predicted octanol–water partition coefficient (Wildman–Crippen LogP) is 3.14. The standard InChI is InChI=1S/C14H21N3S.HI/c1-4-10-16-14(15-3)17-11-12(2)18-13-8-6-5-7-9-13;/h4-9,12H,1,10-11H2,2-3H3,(H2,15,16,17);1H. The van der Waals surface area contributed by atoms with Crippen LogP contribution < -0.4 is 10.6 Å². The first-order valence-electron chi connectivity index (χ1n) is 6.03. The third kappa shape index (κ3) is 8.15. The van der Waals surface area contributed by atoms with Crippen LogP contribution in [0.3, 0.4) is 0 Å². The maximum Gasteiger partial charge on any atom is 0.191 e. The number of hydrogen-bond donors (Lipinski definition) is 2. The van der Waals surface area contributed by atoms with E-state index in [2.05, 4.69) is 53.4 Å². The van der Waals surface area contributed by atoms with Gasteiger partial charge in [0.25, 0.3) is 0 Å². The lowest BCUT2D eigenvalue weighted by Crippen LogP contribution is -2.39. The highest BCUT2D eigenvalue weighted by Crippen LogP contribution is 2.21. The van der Waals surface area contributed by atoms with Crippen molar-refractivity contribution in [1.82, 2.24) is 10.6 Å². The first-order valence-corrected chi connectivity index (χ1v) is 6.91. The van der Waals surface area contributed by atoms with Gasteiger partial charge < -0.3 is 10.6 Å². The lowest BCUT2D eigenvalue weighted by molar-refractivity contribution is 0.815. The summed E-state index contributed by atoms with van der Waals surface area (Å²) >= 11 is 1.85. The molecule has 0 aliphatic heterocycles. The molecule has 0 radical (unpaired) electrons. The summed E-state index contributed by atoms with van der Waals surface area (Å²) in [5.41, 5.74) is 0. The quantitative estimate of drug-likeness (QED) is 0.257. The van der Waals surface area contributed by atoms with Crippen molar-refractivity contribution in [1.29, 1.82) is 0 Å². The van der Waals surface area contributed by atoms with E-state index in [9.17, 15) is 0 Å². The fraction of sp³-hybridized carbons (Fsp3) is 0.357. The van der Waals surface area contributed by atoms with Crippen LogP contribution in [0.2, 0.25) is 0 Å². The molecule has 0 heterocycles. The van der Waals surface area contributed by atoms with Crippen LogP contribution in [0.5, 0.6) is 0 Å². The molecule has 0 saturated heterocycles. The van der Waals surface area contributed by atoms with Crippen LogP contribution in [0.1, 0.15) is 6.92 Å². The van der Waals surface area contributed by atoms with E-state index >= 15 is 0 Å². The number of nitrogens with zero attached hydrogens (tertiary/aromatic N) is 1. The van der Waals surface area contributed by atoms with Crippen LogP contribution >= 0.6 is 35.7 Å². The van der Waals surface area contributed by atoms with Crippen molar-refractivity contribution in [2.75, 3.05) is 20.1 Å². The fourth-order valence-electron chi connectivity index (χ4n) is 1.40. The number of thioether (sulfide) groups is 1. The molecule has 1 unspecified atom stereocenters. The van der Waals surface area contributed by atoms with E-state index in [4.69, 9.17) is 0 Å². The van der Waals surface area contributed by atoms with E-state index < -0.39 is 0 Å². The van der Waals surface area contributed by atoms with Crippen molar-refractivity contribution in [3.05, 3.63) is 43.0 Å². The van der Waals surface area contributed by atoms with Crippen molar-refractivity contribution >= 4 is 41.7 Å². The minimum absolute atomic E-state index is 0. The Morgan fingerprint density at radius 2 is 2.05 bits per heavy atom. The van der Waals surface area contributed by atoms with Gasteiger partial charge >= 0.3 is 0 Å². The molecule has 2 N–H and O–H groups in total. The Morgan fingerprint density at radius 3 is 2.63 bits per heavy atom. The molecule has 5 heteroatoms. The third-order valence-corrected chi connectivity index (χ3v) is 3.39. The van der Waals surface area contributed by atoms with Crippen LogP contribution in [0, 0.1) is 0 Å². The highest BCUT2D eigenvalue weighted by Gasteiger charge is 2.05. The summed E-state index contributed by atoms with van der Waals surface area (Å²) in [4.78, 5) is 5.43. The zero-order chi connectivity index (χ0) is 13.2. The Hall–Kier alpha value is -0.690. The average Bonchev–Trinajstić information content (AvgIpc) is 2.40. The molecule has 0 fully saturated rings. The summed E-state index contributed by atoms with van der Waals surface area (Å²) < 4.78 is 0. The van der Waals surface area contributed by atoms with Gasteiger partial charge in [-0.1, -0.05) is 31.2 Å². The van der Waals surface area contributed by atoms with E-state index in [1.165, 1.54) is 4.90 Å². The first kappa shape index (κ1) is 18.3. The SMILES string of the molecule is C=CCNC(=NC)NCC(C)Sc1ccccc1.I. The van der Waals surface area contributed by atoms with E-state index in [0.29, 0.717) is 5.25 Å². The van der Waals surface area contributed by atoms with Crippen LogP contribution in [0.25, 0.3) is 0 Å². The van der Waals surface area contributed by atoms with Crippen LogP contribution in [-0.4, -0.2) is 31.3 Å². The highest BCUT2D eigenvalue weighted by atomic mass is 127. The van der Waals surface area contributed by atoms with Gasteiger partial charge in [-0.05, 0) is 12.1 Å². The summed E-state index contributed by atoms with van der Waals surface area (Å²) in [6.07, 6.45) is 1.81. The van der Waals surface area contributed by atoms with Gasteiger partial charge in [0.15, 0.2) is 5.96 Å². The predicted molar refractivity (Wildman–Crippen MR) is 96.7 cm³/mol. The Labute approximate surface area is 137 Å². The molecular weight excluding hydrogens is 369 g/mol. The van der Waals surface area contributed by atoms with E-state index in [1.54, 1.807) is 7.05 Å². The van der Waals surface area contributed by atoms with Gasteiger partial charge in [0.2, 0.25) is 0 Å². The van der Waals surface area contributed by atoms with Gasteiger partial charge in [-0.25, -0.2) is 0 Å². The molecule has 0 spiro atoms. The van der Waals surface area contributed by atoms with Gasteiger partial charge in [0.05, 0.1) is 0 Å². The highest BCUT2D eigenvalue weighted by molar-refractivity contribution is 14.0. The van der Waals surface area contributed by atoms with Gasteiger partial charge in [0, 0.05) is 30.3 Å². The number of aliphatic imine (C=N–C) groups is 1. The molecule has 19 heavy (non-hydrogen) atoms. The number of halogens is 1. The maximum absolute atomic E-state index is 4.14. The van der Waals surface area contributed by atoms with Gasteiger partial charge in [-0.2, -0.15) is 0 Å². The molecular formula is C14H22IN3S. The molecule has 3 nitrogen and oxygen atoms in total. The van der Waals surface area contributed by atoms with E-state index in [-0.39, 0.29) is 24.0 Å². The van der Waals surface area contributed by atoms with Crippen molar-refractivity contribution in [2.45, 2.75) is 17.1 Å². The van der Waals surface area contributed by atoms with E-state index in [0.717, 1.165) is 19.0 Å². The number of guanidine groups is 1. The first-order chi connectivity index (χ1) is 8.76. The van der Waals surface area contributed by atoms with Crippen molar-refractivity contribution in [2.24, 2.45) is 4.99 Å². The van der Waals surface area contributed by atoms with Gasteiger partial charge in [-0.3, -0.25) is 4.99 Å². The van der Waals surface area contributed by atoms with Gasteiger partial charge in [0.1, 0.15) is 0 Å². The Morgan fingerprint density at radius 1 is 1.37 bits per heavy atom. The maximum atomic E-state index is 4.14. The number of nitrogens with one attached hydrogen (secondary N) is 2. The van der Waals surface area contributed by atoms with Gasteiger partial charge in [-0.15, -0.1) is 42.3 Å². The number of rotatable bonds is 6. The Bertz CT molecular complexity index is 382. The van der Waals surface area contributed by atoms with Crippen molar-refractivity contribution in [3.8, 4) is 0 Å². The summed E-state index contributed by atoms with van der Waals surface area (Å²) in [7, 11) is 1.77. The normalized spacial score (nSPS) is 12.2. The summed E-state index contributed by atoms with van der Waals surface area (Å²) in [5.74, 6) is 0.815. The van der Waals surface area contributed by atoms with Crippen molar-refractivity contribution in [3.63, 3.8) is 0 Å². The largest absolute Gasteiger partial charge is 0.355 e. The monoisotopic (exact) mass is 391 g/mol. The molecule has 106 valence electrons. The average molecular weight is 391 g/mol. The topological polar surface area (TPSA) is 36.4 Å². The molecule has 0 aromatic heterocycles. The summed E-state index contributed by atoms with van der Waals surface area (Å²) in [5, 5.41) is 6.93. The van der Waals surface area contributed by atoms with E-state index in [1.807, 2.05) is 23.9 Å². The molecule has 1 atom stereocenters. The molecule has 0 bridgehead atoms. The molecule has 1 rings (SSSR count). The zero-order valence-electron chi connectivity index (χ0n) is 11.4. The molecule has 1 aromatic rings. The van der Waals surface area contributed by atoms with Crippen LogP contribution in [0.4, 0.5) is 0 Å². The molecule has 0 amide bonds. The summed E-state index contributed by atoms with van der Waals surface area (Å²) in [6.45, 7) is 7.46. The lowest BCUT2D eigenvalue weighted by atomic mass is 10.4.